The zero-order chi connectivity index (χ0) is 10.3. The van der Waals surface area contributed by atoms with Crippen LogP contribution in [0.15, 0.2) is 18.2 Å². The molecule has 1 aromatic rings. The van der Waals surface area contributed by atoms with Crippen LogP contribution in [-0.4, -0.2) is 31.1 Å². The van der Waals surface area contributed by atoms with Crippen molar-refractivity contribution in [3.05, 3.63) is 34.3 Å². The molecule has 0 spiro atoms. The van der Waals surface area contributed by atoms with E-state index < -0.39 is 0 Å². The molecule has 0 radical (unpaired) electrons. The minimum absolute atomic E-state index is 0. The van der Waals surface area contributed by atoms with Gasteiger partial charge in [0, 0.05) is 37.2 Å². The average Bonchev–Trinajstić information content (AvgIpc) is 2.29. The lowest BCUT2D eigenvalue weighted by atomic mass is 9.91. The third kappa shape index (κ3) is 2.07. The summed E-state index contributed by atoms with van der Waals surface area (Å²) >= 11 is 6.07. The summed E-state index contributed by atoms with van der Waals surface area (Å²) in [4.78, 5) is 2.56. The maximum Gasteiger partial charge on any atom is 0.0476 e. The van der Waals surface area contributed by atoms with Crippen molar-refractivity contribution in [2.24, 2.45) is 0 Å². The van der Waals surface area contributed by atoms with Gasteiger partial charge in [-0.25, -0.2) is 0 Å². The fraction of sp³-hybridized carbons (Fsp3) is 0.500. The second kappa shape index (κ2) is 4.92. The quantitative estimate of drug-likeness (QED) is 0.768. The Bertz CT molecular complexity index is 381. The highest BCUT2D eigenvalue weighted by atomic mass is 35.5. The molecule has 0 saturated carbocycles. The second-order valence-corrected chi connectivity index (χ2v) is 4.79. The molecule has 16 heavy (non-hydrogen) atoms. The molecule has 0 amide bonds. The number of nitrogens with zero attached hydrogens (tertiary/aromatic N) is 1. The first-order valence-corrected chi connectivity index (χ1v) is 5.95. The summed E-state index contributed by atoms with van der Waals surface area (Å²) in [6.07, 6.45) is 1.17. The van der Waals surface area contributed by atoms with Crippen molar-refractivity contribution >= 4 is 24.0 Å². The van der Waals surface area contributed by atoms with Crippen LogP contribution in [0, 0.1) is 0 Å². The molecular weight excluding hydrogens is 243 g/mol. The van der Waals surface area contributed by atoms with Gasteiger partial charge in [0.2, 0.25) is 0 Å². The lowest BCUT2D eigenvalue weighted by molar-refractivity contribution is 0.152. The number of nitrogens with one attached hydrogen (secondary N) is 1. The largest absolute Gasteiger partial charge is 0.314 e. The van der Waals surface area contributed by atoms with Gasteiger partial charge in [-0.05, 0) is 29.7 Å². The van der Waals surface area contributed by atoms with Crippen molar-refractivity contribution in [2.75, 3.05) is 26.2 Å². The highest BCUT2D eigenvalue weighted by Crippen LogP contribution is 2.32. The Morgan fingerprint density at radius 2 is 2.19 bits per heavy atom. The number of benzene rings is 1. The van der Waals surface area contributed by atoms with Crippen molar-refractivity contribution in [1.82, 2.24) is 10.2 Å². The lowest BCUT2D eigenvalue weighted by Crippen LogP contribution is -2.48. The van der Waals surface area contributed by atoms with Crippen LogP contribution in [-0.2, 0) is 6.42 Å². The zero-order valence-electron chi connectivity index (χ0n) is 9.08. The molecule has 2 heterocycles. The van der Waals surface area contributed by atoms with E-state index in [0.29, 0.717) is 6.04 Å². The van der Waals surface area contributed by atoms with Gasteiger partial charge in [0.25, 0.3) is 0 Å². The predicted octanol–water partition coefficient (Wildman–Crippen LogP) is 2.26. The number of halogens is 2. The molecule has 1 atom stereocenters. The first-order chi connectivity index (χ1) is 7.34. The Morgan fingerprint density at radius 1 is 1.31 bits per heavy atom. The third-order valence-electron chi connectivity index (χ3n) is 3.49. The number of piperazine rings is 1. The van der Waals surface area contributed by atoms with E-state index >= 15 is 0 Å². The smallest absolute Gasteiger partial charge is 0.0476 e. The van der Waals surface area contributed by atoms with Gasteiger partial charge in [0.1, 0.15) is 0 Å². The Balaban J connectivity index is 0.000000963. The summed E-state index contributed by atoms with van der Waals surface area (Å²) in [6.45, 7) is 4.54. The number of hydrogen-bond donors (Lipinski definition) is 1. The van der Waals surface area contributed by atoms with E-state index in [1.54, 1.807) is 0 Å². The Hall–Kier alpha value is -0.280. The maximum absolute atomic E-state index is 6.07. The first-order valence-electron chi connectivity index (χ1n) is 5.58. The van der Waals surface area contributed by atoms with Crippen molar-refractivity contribution in [3.8, 4) is 0 Å². The molecule has 1 aromatic carbocycles. The SMILES string of the molecule is Cl.Clc1ccc2c(c1)C1CNCCN1CC2. The van der Waals surface area contributed by atoms with E-state index in [9.17, 15) is 0 Å². The standard InChI is InChI=1S/C12H15ClN2.ClH/c13-10-2-1-9-3-5-15-6-4-14-8-12(15)11(9)7-10;/h1-2,7,12,14H,3-6,8H2;1H. The summed E-state index contributed by atoms with van der Waals surface area (Å²) in [7, 11) is 0. The fourth-order valence-electron chi connectivity index (χ4n) is 2.69. The van der Waals surface area contributed by atoms with Crippen LogP contribution in [0.5, 0.6) is 0 Å². The molecule has 1 unspecified atom stereocenters. The van der Waals surface area contributed by atoms with E-state index in [0.717, 1.165) is 24.7 Å². The third-order valence-corrected chi connectivity index (χ3v) is 3.72. The van der Waals surface area contributed by atoms with Gasteiger partial charge < -0.3 is 5.32 Å². The molecule has 1 N–H and O–H groups in total. The van der Waals surface area contributed by atoms with Gasteiger partial charge in [-0.2, -0.15) is 0 Å². The van der Waals surface area contributed by atoms with Crippen LogP contribution in [0.3, 0.4) is 0 Å². The fourth-order valence-corrected chi connectivity index (χ4v) is 2.87. The van der Waals surface area contributed by atoms with Gasteiger partial charge in [0.05, 0.1) is 0 Å². The van der Waals surface area contributed by atoms with Crippen molar-refractivity contribution in [2.45, 2.75) is 12.5 Å². The van der Waals surface area contributed by atoms with Gasteiger partial charge in [0.15, 0.2) is 0 Å². The zero-order valence-corrected chi connectivity index (χ0v) is 10.7. The predicted molar refractivity (Wildman–Crippen MR) is 69.6 cm³/mol. The van der Waals surface area contributed by atoms with E-state index in [4.69, 9.17) is 11.6 Å². The molecule has 4 heteroatoms. The summed E-state index contributed by atoms with van der Waals surface area (Å²) in [5, 5.41) is 4.32. The second-order valence-electron chi connectivity index (χ2n) is 4.35. The van der Waals surface area contributed by atoms with Crippen LogP contribution in [0.4, 0.5) is 0 Å². The van der Waals surface area contributed by atoms with Crippen LogP contribution in [0.25, 0.3) is 0 Å². The van der Waals surface area contributed by atoms with Crippen LogP contribution in [0.2, 0.25) is 5.02 Å². The average molecular weight is 259 g/mol. The molecule has 1 fully saturated rings. The molecule has 0 aromatic heterocycles. The highest BCUT2D eigenvalue weighted by molar-refractivity contribution is 6.30. The Labute approximate surface area is 107 Å². The van der Waals surface area contributed by atoms with Crippen LogP contribution in [0.1, 0.15) is 17.2 Å². The van der Waals surface area contributed by atoms with Crippen molar-refractivity contribution in [1.29, 1.82) is 0 Å². The Morgan fingerprint density at radius 3 is 3.06 bits per heavy atom. The van der Waals surface area contributed by atoms with E-state index in [-0.39, 0.29) is 12.4 Å². The summed E-state index contributed by atoms with van der Waals surface area (Å²) in [5.74, 6) is 0. The number of rotatable bonds is 0. The highest BCUT2D eigenvalue weighted by Gasteiger charge is 2.29. The summed E-state index contributed by atoms with van der Waals surface area (Å²) in [6, 6.07) is 6.87. The monoisotopic (exact) mass is 258 g/mol. The van der Waals surface area contributed by atoms with E-state index in [1.165, 1.54) is 24.1 Å². The number of hydrogen-bond acceptors (Lipinski definition) is 2. The summed E-state index contributed by atoms with van der Waals surface area (Å²) < 4.78 is 0. The van der Waals surface area contributed by atoms with Crippen molar-refractivity contribution in [3.63, 3.8) is 0 Å². The molecule has 0 bridgehead atoms. The first kappa shape index (κ1) is 12.2. The summed E-state index contributed by atoms with van der Waals surface area (Å²) in [5.41, 5.74) is 2.91. The molecule has 3 rings (SSSR count). The normalized spacial score (nSPS) is 24.2. The Kier molecular flexibility index (Phi) is 3.75. The molecule has 1 saturated heterocycles. The molecule has 2 nitrogen and oxygen atoms in total. The molecular formula is C12H16Cl2N2. The molecule has 0 aliphatic carbocycles. The van der Waals surface area contributed by atoms with Crippen LogP contribution >= 0.6 is 24.0 Å². The van der Waals surface area contributed by atoms with Crippen LogP contribution < -0.4 is 5.32 Å². The molecule has 2 aliphatic heterocycles. The van der Waals surface area contributed by atoms with Gasteiger partial charge >= 0.3 is 0 Å². The minimum atomic E-state index is 0. The van der Waals surface area contributed by atoms with E-state index in [2.05, 4.69) is 22.3 Å². The topological polar surface area (TPSA) is 15.3 Å². The number of fused-ring (bicyclic) bond motifs is 3. The minimum Gasteiger partial charge on any atom is -0.314 e. The lowest BCUT2D eigenvalue weighted by Gasteiger charge is -2.40. The van der Waals surface area contributed by atoms with Gasteiger partial charge in [-0.1, -0.05) is 17.7 Å². The van der Waals surface area contributed by atoms with Gasteiger partial charge in [-0.15, -0.1) is 12.4 Å². The molecule has 2 aliphatic rings. The van der Waals surface area contributed by atoms with E-state index in [1.807, 2.05) is 6.07 Å². The van der Waals surface area contributed by atoms with Gasteiger partial charge in [-0.3, -0.25) is 4.90 Å². The van der Waals surface area contributed by atoms with Crippen molar-refractivity contribution < 1.29 is 0 Å². The maximum atomic E-state index is 6.07. The molecule has 88 valence electrons.